The number of hydrogen-bond donors (Lipinski definition) is 0. The van der Waals surface area contributed by atoms with E-state index in [1.54, 1.807) is 0 Å². The van der Waals surface area contributed by atoms with Gasteiger partial charge in [-0.15, -0.1) is 0 Å². The smallest absolute Gasteiger partial charge is 0.0471 e. The standard InChI is InChI=1S/C32H66/c1-31(2)29-27-25-23-21-19-17-15-13-11-9-7-5-6-8-10-12-14-16-18-20-22-24-26-28-30-32(3)4/h31-32H,5-30H2,1-4H3. The number of hydrogen-bond acceptors (Lipinski definition) is 0. The molecule has 0 aromatic carbocycles. The van der Waals surface area contributed by atoms with Gasteiger partial charge in [0, 0.05) is 0 Å². The van der Waals surface area contributed by atoms with Crippen molar-refractivity contribution >= 4 is 0 Å². The molecule has 0 aromatic heterocycles. The zero-order valence-electron chi connectivity index (χ0n) is 23.5. The lowest BCUT2D eigenvalue weighted by Gasteiger charge is -2.05. The normalized spacial score (nSPS) is 11.8. The molecule has 0 nitrogen and oxygen atoms in total. The van der Waals surface area contributed by atoms with E-state index in [4.69, 9.17) is 0 Å². The van der Waals surface area contributed by atoms with Crippen LogP contribution < -0.4 is 0 Å². The molecule has 0 unspecified atom stereocenters. The Morgan fingerprint density at radius 2 is 0.344 bits per heavy atom. The van der Waals surface area contributed by atoms with Gasteiger partial charge in [0.05, 0.1) is 0 Å². The third-order valence-corrected chi connectivity index (χ3v) is 7.31. The highest BCUT2D eigenvalue weighted by Gasteiger charge is 1.98. The second-order valence-electron chi connectivity index (χ2n) is 11.9. The Morgan fingerprint density at radius 3 is 0.469 bits per heavy atom. The van der Waals surface area contributed by atoms with Gasteiger partial charge >= 0.3 is 0 Å². The molecule has 194 valence electrons. The van der Waals surface area contributed by atoms with Gasteiger partial charge in [-0.05, 0) is 11.8 Å². The third-order valence-electron chi connectivity index (χ3n) is 7.31. The van der Waals surface area contributed by atoms with E-state index in [0.717, 1.165) is 11.8 Å². The molecule has 0 aliphatic carbocycles. The van der Waals surface area contributed by atoms with Crippen molar-refractivity contribution in [2.75, 3.05) is 0 Å². The van der Waals surface area contributed by atoms with Crippen molar-refractivity contribution in [3.63, 3.8) is 0 Å². The first-order chi connectivity index (χ1) is 15.6. The van der Waals surface area contributed by atoms with Crippen molar-refractivity contribution in [2.24, 2.45) is 11.8 Å². The summed E-state index contributed by atoms with van der Waals surface area (Å²) in [5.41, 5.74) is 0. The molecule has 0 atom stereocenters. The van der Waals surface area contributed by atoms with Gasteiger partial charge in [-0.25, -0.2) is 0 Å². The van der Waals surface area contributed by atoms with Gasteiger partial charge in [-0.2, -0.15) is 0 Å². The number of unbranched alkanes of at least 4 members (excludes halogenated alkanes) is 23. The fraction of sp³-hybridized carbons (Fsp3) is 1.00. The SMILES string of the molecule is CC(C)CCCCCCCCCCCCCCCCCCCCCCCCCCC(C)C. The molecule has 32 heavy (non-hydrogen) atoms. The summed E-state index contributed by atoms with van der Waals surface area (Å²) in [6, 6.07) is 0. The molecule has 0 radical (unpaired) electrons. The summed E-state index contributed by atoms with van der Waals surface area (Å²) in [7, 11) is 0. The van der Waals surface area contributed by atoms with E-state index in [-0.39, 0.29) is 0 Å². The zero-order valence-corrected chi connectivity index (χ0v) is 23.5. The summed E-state index contributed by atoms with van der Waals surface area (Å²) in [6.45, 7) is 9.39. The Balaban J connectivity index is 3.01. The minimum atomic E-state index is 0.897. The topological polar surface area (TPSA) is 0 Å². The second-order valence-corrected chi connectivity index (χ2v) is 11.9. The molecule has 0 rings (SSSR count). The van der Waals surface area contributed by atoms with Gasteiger partial charge in [-0.3, -0.25) is 0 Å². The average Bonchev–Trinajstić information content (AvgIpc) is 2.75. The molecule has 0 saturated carbocycles. The maximum Gasteiger partial charge on any atom is -0.0471 e. The van der Waals surface area contributed by atoms with Crippen LogP contribution in [0.25, 0.3) is 0 Å². The lowest BCUT2D eigenvalue weighted by molar-refractivity contribution is 0.498. The van der Waals surface area contributed by atoms with E-state index < -0.39 is 0 Å². The Morgan fingerprint density at radius 1 is 0.219 bits per heavy atom. The lowest BCUT2D eigenvalue weighted by atomic mass is 10.0. The van der Waals surface area contributed by atoms with Crippen molar-refractivity contribution in [3.05, 3.63) is 0 Å². The molecule has 0 heterocycles. The second kappa shape index (κ2) is 27.2. The van der Waals surface area contributed by atoms with Gasteiger partial charge in [0.15, 0.2) is 0 Å². The van der Waals surface area contributed by atoms with Crippen LogP contribution in [-0.2, 0) is 0 Å². The van der Waals surface area contributed by atoms with Crippen LogP contribution in [-0.4, -0.2) is 0 Å². The van der Waals surface area contributed by atoms with Crippen molar-refractivity contribution in [2.45, 2.75) is 195 Å². The lowest BCUT2D eigenvalue weighted by Crippen LogP contribution is -1.87. The summed E-state index contributed by atoms with van der Waals surface area (Å²) in [6.07, 6.45) is 38.5. The Bertz CT molecular complexity index is 284. The molecular formula is C32H66. The van der Waals surface area contributed by atoms with Crippen molar-refractivity contribution in [3.8, 4) is 0 Å². The average molecular weight is 451 g/mol. The fourth-order valence-electron chi connectivity index (χ4n) is 4.99. The minimum absolute atomic E-state index is 0.897. The quantitative estimate of drug-likeness (QED) is 0.109. The highest BCUT2D eigenvalue weighted by Crippen LogP contribution is 2.16. The predicted octanol–water partition coefficient (Wildman–Crippen LogP) is 12.4. The van der Waals surface area contributed by atoms with E-state index in [9.17, 15) is 0 Å². The van der Waals surface area contributed by atoms with Crippen molar-refractivity contribution in [1.29, 1.82) is 0 Å². The molecule has 0 bridgehead atoms. The summed E-state index contributed by atoms with van der Waals surface area (Å²) < 4.78 is 0. The van der Waals surface area contributed by atoms with E-state index in [1.807, 2.05) is 0 Å². The van der Waals surface area contributed by atoms with Gasteiger partial charge in [0.1, 0.15) is 0 Å². The van der Waals surface area contributed by atoms with Crippen LogP contribution in [0.1, 0.15) is 195 Å². The maximum absolute atomic E-state index is 2.35. The first-order valence-electron chi connectivity index (χ1n) is 15.6. The molecule has 0 aliphatic rings. The minimum Gasteiger partial charge on any atom is -0.0628 e. The Labute approximate surface area is 206 Å². The van der Waals surface area contributed by atoms with Gasteiger partial charge in [0.2, 0.25) is 0 Å². The van der Waals surface area contributed by atoms with Crippen molar-refractivity contribution < 1.29 is 0 Å². The highest BCUT2D eigenvalue weighted by atomic mass is 14.0. The van der Waals surface area contributed by atoms with E-state index in [0.29, 0.717) is 0 Å². The van der Waals surface area contributed by atoms with Gasteiger partial charge in [0.25, 0.3) is 0 Å². The molecular weight excluding hydrogens is 384 g/mol. The molecule has 0 amide bonds. The van der Waals surface area contributed by atoms with Crippen molar-refractivity contribution in [1.82, 2.24) is 0 Å². The van der Waals surface area contributed by atoms with E-state index in [1.165, 1.54) is 167 Å². The van der Waals surface area contributed by atoms with Crippen LogP contribution in [0, 0.1) is 11.8 Å². The van der Waals surface area contributed by atoms with Gasteiger partial charge < -0.3 is 0 Å². The van der Waals surface area contributed by atoms with Gasteiger partial charge in [-0.1, -0.05) is 195 Å². The maximum atomic E-state index is 2.35. The largest absolute Gasteiger partial charge is 0.0628 e. The predicted molar refractivity (Wildman–Crippen MR) is 150 cm³/mol. The van der Waals surface area contributed by atoms with Crippen LogP contribution in [0.4, 0.5) is 0 Å². The molecule has 0 spiro atoms. The molecule has 0 aromatic rings. The molecule has 0 N–H and O–H groups in total. The monoisotopic (exact) mass is 451 g/mol. The Kier molecular flexibility index (Phi) is 27.2. The van der Waals surface area contributed by atoms with Crippen LogP contribution in [0.2, 0.25) is 0 Å². The van der Waals surface area contributed by atoms with E-state index in [2.05, 4.69) is 27.7 Å². The zero-order chi connectivity index (χ0) is 23.5. The number of rotatable bonds is 27. The summed E-state index contributed by atoms with van der Waals surface area (Å²) >= 11 is 0. The summed E-state index contributed by atoms with van der Waals surface area (Å²) in [4.78, 5) is 0. The molecule has 0 aliphatic heterocycles. The first-order valence-corrected chi connectivity index (χ1v) is 15.6. The summed E-state index contributed by atoms with van der Waals surface area (Å²) in [5, 5.41) is 0. The van der Waals surface area contributed by atoms with Crippen LogP contribution in [0.15, 0.2) is 0 Å². The van der Waals surface area contributed by atoms with E-state index >= 15 is 0 Å². The third kappa shape index (κ3) is 30.0. The fourth-order valence-corrected chi connectivity index (χ4v) is 4.99. The molecule has 0 fully saturated rings. The molecule has 0 heteroatoms. The first kappa shape index (κ1) is 32.0. The molecule has 0 saturated heterocycles. The highest BCUT2D eigenvalue weighted by molar-refractivity contribution is 4.53. The van der Waals surface area contributed by atoms with Crippen LogP contribution >= 0.6 is 0 Å². The summed E-state index contributed by atoms with van der Waals surface area (Å²) in [5.74, 6) is 1.79. The van der Waals surface area contributed by atoms with Crippen LogP contribution in [0.3, 0.4) is 0 Å². The van der Waals surface area contributed by atoms with Crippen LogP contribution in [0.5, 0.6) is 0 Å². The Hall–Kier alpha value is 0.